The number of aryl methyl sites for hydroxylation is 1. The average molecular weight is 381 g/mol. The summed E-state index contributed by atoms with van der Waals surface area (Å²) in [5, 5.41) is 1.04. The van der Waals surface area contributed by atoms with E-state index in [4.69, 9.17) is 14.2 Å². The zero-order chi connectivity index (χ0) is 20.5. The maximum Gasteiger partial charge on any atom is 0.349 e. The second-order valence-electron chi connectivity index (χ2n) is 7.23. The molecule has 0 saturated carbocycles. The summed E-state index contributed by atoms with van der Waals surface area (Å²) >= 11 is 0. The Morgan fingerprint density at radius 3 is 2.54 bits per heavy atom. The van der Waals surface area contributed by atoms with E-state index in [2.05, 4.69) is 17.6 Å². The number of carbonyl (C=O) groups is 1. The second kappa shape index (κ2) is 7.58. The summed E-state index contributed by atoms with van der Waals surface area (Å²) in [6.07, 6.45) is 0. The first-order valence-corrected chi connectivity index (χ1v) is 9.38. The number of rotatable bonds is 6. The maximum atomic E-state index is 12.2. The van der Waals surface area contributed by atoms with Crippen molar-refractivity contribution in [3.05, 3.63) is 48.2 Å². The number of esters is 1. The zero-order valence-corrected chi connectivity index (χ0v) is 17.3. The van der Waals surface area contributed by atoms with E-state index >= 15 is 0 Å². The van der Waals surface area contributed by atoms with Crippen molar-refractivity contribution in [3.63, 3.8) is 0 Å². The molecule has 5 heteroatoms. The minimum absolute atomic E-state index is 0.320. The molecule has 0 fully saturated rings. The van der Waals surface area contributed by atoms with Crippen LogP contribution in [0.3, 0.4) is 0 Å². The van der Waals surface area contributed by atoms with Crippen molar-refractivity contribution in [2.45, 2.75) is 33.3 Å². The van der Waals surface area contributed by atoms with Gasteiger partial charge in [0, 0.05) is 34.8 Å². The second-order valence-corrected chi connectivity index (χ2v) is 7.23. The van der Waals surface area contributed by atoms with Gasteiger partial charge in [-0.05, 0) is 52.0 Å². The van der Waals surface area contributed by atoms with Gasteiger partial charge in [-0.1, -0.05) is 18.2 Å². The van der Waals surface area contributed by atoms with Crippen molar-refractivity contribution in [1.29, 1.82) is 0 Å². The quantitative estimate of drug-likeness (QED) is 0.571. The van der Waals surface area contributed by atoms with E-state index in [0.29, 0.717) is 12.4 Å². The molecule has 148 valence electrons. The van der Waals surface area contributed by atoms with Crippen LogP contribution in [0, 0.1) is 6.92 Å². The van der Waals surface area contributed by atoms with Crippen molar-refractivity contribution >= 4 is 16.9 Å². The minimum atomic E-state index is -1.07. The fourth-order valence-electron chi connectivity index (χ4n) is 3.45. The van der Waals surface area contributed by atoms with E-state index < -0.39 is 5.60 Å². The van der Waals surface area contributed by atoms with Gasteiger partial charge in [-0.3, -0.25) is 0 Å². The average Bonchev–Trinajstić information content (AvgIpc) is 2.91. The third-order valence-electron chi connectivity index (χ3n) is 4.98. The Kier molecular flexibility index (Phi) is 5.36. The lowest BCUT2D eigenvalue weighted by atomic mass is 10.0. The molecule has 0 amide bonds. The fraction of sp³-hybridized carbons (Fsp3) is 0.348. The van der Waals surface area contributed by atoms with Gasteiger partial charge in [-0.2, -0.15) is 0 Å². The fourth-order valence-corrected chi connectivity index (χ4v) is 3.45. The summed E-state index contributed by atoms with van der Waals surface area (Å²) in [6.45, 7) is 7.62. The first-order chi connectivity index (χ1) is 13.3. The summed E-state index contributed by atoms with van der Waals surface area (Å²) in [6, 6.07) is 13.8. The Labute approximate surface area is 165 Å². The number of benzene rings is 2. The number of fused-ring (bicyclic) bond motifs is 1. The highest BCUT2D eigenvalue weighted by molar-refractivity contribution is 6.00. The molecule has 0 unspecified atom stereocenters. The van der Waals surface area contributed by atoms with E-state index in [1.807, 2.05) is 43.4 Å². The molecule has 0 aliphatic carbocycles. The van der Waals surface area contributed by atoms with E-state index in [1.54, 1.807) is 27.9 Å². The summed E-state index contributed by atoms with van der Waals surface area (Å²) in [5.41, 5.74) is 3.25. The van der Waals surface area contributed by atoms with Gasteiger partial charge in [0.15, 0.2) is 5.60 Å². The molecule has 2 aromatic carbocycles. The molecule has 1 aromatic heterocycles. The van der Waals surface area contributed by atoms with Gasteiger partial charge in [-0.25, -0.2) is 4.79 Å². The SMILES string of the molecule is CCOC(=O)C(C)(C)Oc1ccc2c(c1)c(-c1ccccc1OC)c(C)n2C. The Hall–Kier alpha value is -2.95. The number of methoxy groups -OCH3 is 1. The molecule has 5 nitrogen and oxygen atoms in total. The minimum Gasteiger partial charge on any atom is -0.496 e. The Morgan fingerprint density at radius 2 is 1.86 bits per heavy atom. The van der Waals surface area contributed by atoms with Gasteiger partial charge in [-0.15, -0.1) is 0 Å². The number of aromatic nitrogens is 1. The van der Waals surface area contributed by atoms with Crippen LogP contribution in [-0.4, -0.2) is 29.9 Å². The lowest BCUT2D eigenvalue weighted by Crippen LogP contribution is -2.39. The molecule has 3 rings (SSSR count). The van der Waals surface area contributed by atoms with Crippen LogP contribution in [0.1, 0.15) is 26.5 Å². The lowest BCUT2D eigenvalue weighted by Gasteiger charge is -2.24. The standard InChI is InChI=1S/C23H27NO4/c1-7-27-22(25)23(3,4)28-16-12-13-19-18(14-16)21(15(2)24(19)5)17-10-8-9-11-20(17)26-6/h8-14H,7H2,1-6H3. The van der Waals surface area contributed by atoms with E-state index in [0.717, 1.165) is 33.5 Å². The lowest BCUT2D eigenvalue weighted by molar-refractivity contribution is -0.158. The van der Waals surface area contributed by atoms with Crippen LogP contribution >= 0.6 is 0 Å². The van der Waals surface area contributed by atoms with E-state index in [-0.39, 0.29) is 5.97 Å². The van der Waals surface area contributed by atoms with Crippen LogP contribution in [0.4, 0.5) is 0 Å². The number of carbonyl (C=O) groups excluding carboxylic acids is 1. The van der Waals surface area contributed by atoms with Crippen molar-refractivity contribution in [1.82, 2.24) is 4.57 Å². The molecule has 0 aliphatic rings. The molecule has 0 aliphatic heterocycles. The van der Waals surface area contributed by atoms with Gasteiger partial charge in [0.1, 0.15) is 11.5 Å². The molecule has 0 bridgehead atoms. The monoisotopic (exact) mass is 381 g/mol. The highest BCUT2D eigenvalue weighted by Crippen LogP contribution is 2.40. The largest absolute Gasteiger partial charge is 0.496 e. The molecule has 0 saturated heterocycles. The summed E-state index contributed by atoms with van der Waals surface area (Å²) in [7, 11) is 3.72. The normalized spacial score (nSPS) is 11.5. The molecule has 0 spiro atoms. The number of hydrogen-bond donors (Lipinski definition) is 0. The van der Waals surface area contributed by atoms with E-state index in [9.17, 15) is 4.79 Å². The van der Waals surface area contributed by atoms with Crippen LogP contribution < -0.4 is 9.47 Å². The summed E-state index contributed by atoms with van der Waals surface area (Å²) < 4.78 is 18.9. The van der Waals surface area contributed by atoms with Crippen LogP contribution in [0.2, 0.25) is 0 Å². The Balaban J connectivity index is 2.13. The van der Waals surface area contributed by atoms with Gasteiger partial charge in [0.25, 0.3) is 0 Å². The zero-order valence-electron chi connectivity index (χ0n) is 17.3. The first kappa shape index (κ1) is 19.8. The molecule has 0 radical (unpaired) electrons. The van der Waals surface area contributed by atoms with Crippen LogP contribution in [-0.2, 0) is 16.6 Å². The molecule has 28 heavy (non-hydrogen) atoms. The van der Waals surface area contributed by atoms with Crippen LogP contribution in [0.25, 0.3) is 22.0 Å². The van der Waals surface area contributed by atoms with Gasteiger partial charge >= 0.3 is 5.97 Å². The highest BCUT2D eigenvalue weighted by atomic mass is 16.6. The molecule has 0 N–H and O–H groups in total. The number of ether oxygens (including phenoxy) is 3. The molecule has 1 heterocycles. The summed E-state index contributed by atoms with van der Waals surface area (Å²) in [4.78, 5) is 12.2. The maximum absolute atomic E-state index is 12.2. The molecule has 0 atom stereocenters. The third kappa shape index (κ3) is 3.44. The Bertz CT molecular complexity index is 1020. The highest BCUT2D eigenvalue weighted by Gasteiger charge is 2.32. The first-order valence-electron chi connectivity index (χ1n) is 9.38. The molecular weight excluding hydrogens is 354 g/mol. The number of para-hydroxylation sites is 1. The third-order valence-corrected chi connectivity index (χ3v) is 4.98. The predicted molar refractivity (Wildman–Crippen MR) is 111 cm³/mol. The van der Waals surface area contributed by atoms with Crippen molar-refractivity contribution in [2.75, 3.05) is 13.7 Å². The van der Waals surface area contributed by atoms with Gasteiger partial charge in [0.2, 0.25) is 0 Å². The molecule has 3 aromatic rings. The van der Waals surface area contributed by atoms with Crippen molar-refractivity contribution in [3.8, 4) is 22.6 Å². The van der Waals surface area contributed by atoms with Crippen molar-refractivity contribution < 1.29 is 19.0 Å². The number of hydrogen-bond acceptors (Lipinski definition) is 4. The van der Waals surface area contributed by atoms with Crippen molar-refractivity contribution in [2.24, 2.45) is 7.05 Å². The topological polar surface area (TPSA) is 49.7 Å². The summed E-state index contributed by atoms with van der Waals surface area (Å²) in [5.74, 6) is 1.05. The van der Waals surface area contributed by atoms with E-state index in [1.165, 1.54) is 0 Å². The Morgan fingerprint density at radius 1 is 1.14 bits per heavy atom. The smallest absolute Gasteiger partial charge is 0.349 e. The van der Waals surface area contributed by atoms with Crippen LogP contribution in [0.15, 0.2) is 42.5 Å². The van der Waals surface area contributed by atoms with Crippen LogP contribution in [0.5, 0.6) is 11.5 Å². The van der Waals surface area contributed by atoms with Gasteiger partial charge < -0.3 is 18.8 Å². The number of nitrogens with zero attached hydrogens (tertiary/aromatic N) is 1. The van der Waals surface area contributed by atoms with Gasteiger partial charge in [0.05, 0.1) is 13.7 Å². The predicted octanol–water partition coefficient (Wildman–Crippen LogP) is 4.88. The molecular formula is C23H27NO4.